The molecule has 0 N–H and O–H groups in total. The summed E-state index contributed by atoms with van der Waals surface area (Å²) in [6.45, 7) is 8.20. The van der Waals surface area contributed by atoms with Gasteiger partial charge < -0.3 is 23.7 Å². The second kappa shape index (κ2) is 17.2. The zero-order valence-corrected chi connectivity index (χ0v) is 34.1. The molecule has 274 valence electrons. The predicted molar refractivity (Wildman–Crippen MR) is 219 cm³/mol. The fourth-order valence-electron chi connectivity index (χ4n) is 6.37. The van der Waals surface area contributed by atoms with Gasteiger partial charge in [-0.15, -0.1) is 17.9 Å². The summed E-state index contributed by atoms with van der Waals surface area (Å²) in [6, 6.07) is 25.7. The molecule has 2 aromatic heterocycles. The molecule has 0 saturated heterocycles. The summed E-state index contributed by atoms with van der Waals surface area (Å²) in [5.74, 6) is 1.76. The Balaban J connectivity index is 1.44. The van der Waals surface area contributed by atoms with Gasteiger partial charge in [-0.05, 0) is 87.4 Å². The first-order chi connectivity index (χ1) is 25.6. The van der Waals surface area contributed by atoms with Crippen LogP contribution in [0.5, 0.6) is 17.2 Å². The minimum Gasteiger partial charge on any atom is -0.497 e. The Morgan fingerprint density at radius 3 is 1.91 bits per heavy atom. The van der Waals surface area contributed by atoms with Crippen molar-refractivity contribution in [3.05, 3.63) is 145 Å². The number of halogens is 4. The van der Waals surface area contributed by atoms with Gasteiger partial charge in [-0.25, -0.2) is 9.97 Å². The quantitative estimate of drug-likeness (QED) is 0.0441. The Morgan fingerprint density at radius 2 is 1.36 bits per heavy atom. The van der Waals surface area contributed by atoms with Gasteiger partial charge in [0.25, 0.3) is 0 Å². The summed E-state index contributed by atoms with van der Waals surface area (Å²) in [7, 11) is 3.28. The lowest BCUT2D eigenvalue weighted by atomic mass is 9.80. The number of hydrogen-bond acceptors (Lipinski definition) is 8. The van der Waals surface area contributed by atoms with Crippen molar-refractivity contribution in [3.63, 3.8) is 0 Å². The topological polar surface area (TPSA) is 71.9 Å². The highest BCUT2D eigenvalue weighted by atomic mass is 79.9. The molecule has 6 aromatic rings. The summed E-state index contributed by atoms with van der Waals surface area (Å²) in [6.07, 6.45) is 2.47. The normalized spacial score (nSPS) is 12.2. The molecule has 0 bridgehead atoms. The zero-order valence-electron chi connectivity index (χ0n) is 29.4. The van der Waals surface area contributed by atoms with Crippen LogP contribution in [0.25, 0.3) is 21.3 Å². The van der Waals surface area contributed by atoms with Gasteiger partial charge in [0.1, 0.15) is 39.5 Å². The highest BCUT2D eigenvalue weighted by Gasteiger charge is 2.39. The third-order valence-electron chi connectivity index (χ3n) is 8.94. The summed E-state index contributed by atoms with van der Waals surface area (Å²) >= 11 is 26.1. The number of thiophene rings is 1. The number of methoxy groups -OCH3 is 2. The van der Waals surface area contributed by atoms with Crippen molar-refractivity contribution in [1.29, 1.82) is 0 Å². The van der Waals surface area contributed by atoms with Crippen LogP contribution in [0, 0.1) is 13.8 Å². The average Bonchev–Trinajstić information content (AvgIpc) is 3.52. The minimum atomic E-state index is -1.09. The van der Waals surface area contributed by atoms with E-state index in [1.165, 1.54) is 17.7 Å². The van der Waals surface area contributed by atoms with E-state index in [1.807, 2.05) is 92.7 Å². The monoisotopic (exact) mass is 852 g/mol. The van der Waals surface area contributed by atoms with Crippen LogP contribution in [0.3, 0.4) is 0 Å². The molecule has 2 heterocycles. The maximum Gasteiger partial charge on any atom is 0.157 e. The van der Waals surface area contributed by atoms with E-state index in [0.717, 1.165) is 64.4 Å². The van der Waals surface area contributed by atoms with Crippen LogP contribution in [-0.4, -0.2) is 50.1 Å². The molecule has 0 spiro atoms. The van der Waals surface area contributed by atoms with Gasteiger partial charge >= 0.3 is 0 Å². The van der Waals surface area contributed by atoms with E-state index >= 15 is 0 Å². The fraction of sp³-hybridized carbons (Fsp3) is 0.220. The molecule has 1 unspecified atom stereocenters. The van der Waals surface area contributed by atoms with Gasteiger partial charge in [-0.1, -0.05) is 95.5 Å². The van der Waals surface area contributed by atoms with Gasteiger partial charge in [0.15, 0.2) is 5.75 Å². The molecule has 12 heteroatoms. The van der Waals surface area contributed by atoms with E-state index in [2.05, 4.69) is 32.5 Å². The summed E-state index contributed by atoms with van der Waals surface area (Å²) < 4.78 is 31.7. The van der Waals surface area contributed by atoms with E-state index in [1.54, 1.807) is 20.3 Å². The third-order valence-corrected chi connectivity index (χ3v) is 11.9. The van der Waals surface area contributed by atoms with Gasteiger partial charge in [-0.3, -0.25) is 0 Å². The molecule has 0 aliphatic carbocycles. The SMILES string of the molecule is C=CCOCC(COC(c1ccccc1)(c1ccc(OC)cc1)c1ccc(OC)cc1)Oc1c(Cl)c(C)c(-c2c(Br)sc3ncnc(Cl)c23)c(C)c1Cl. The van der Waals surface area contributed by atoms with Gasteiger partial charge in [0, 0.05) is 5.56 Å². The van der Waals surface area contributed by atoms with E-state index in [9.17, 15) is 0 Å². The van der Waals surface area contributed by atoms with Crippen LogP contribution >= 0.6 is 62.1 Å². The zero-order chi connectivity index (χ0) is 37.7. The number of rotatable bonds is 15. The number of ether oxygens (including phenoxy) is 5. The first-order valence-corrected chi connectivity index (χ1v) is 19.3. The molecule has 6 rings (SSSR count). The van der Waals surface area contributed by atoms with Crippen LogP contribution in [0.2, 0.25) is 15.2 Å². The molecular formula is C41H36BrCl3N2O5S. The van der Waals surface area contributed by atoms with Crippen LogP contribution in [0.4, 0.5) is 0 Å². The Bertz CT molecular complexity index is 2140. The molecular weight excluding hydrogens is 819 g/mol. The number of benzene rings is 4. The first-order valence-electron chi connectivity index (χ1n) is 16.5. The predicted octanol–water partition coefficient (Wildman–Crippen LogP) is 11.7. The Morgan fingerprint density at radius 1 is 0.792 bits per heavy atom. The van der Waals surface area contributed by atoms with Crippen molar-refractivity contribution < 1.29 is 23.7 Å². The Labute approximate surface area is 336 Å². The molecule has 1 atom stereocenters. The van der Waals surface area contributed by atoms with Crippen molar-refractivity contribution in [2.45, 2.75) is 25.6 Å². The van der Waals surface area contributed by atoms with Gasteiger partial charge in [0.2, 0.25) is 0 Å². The lowest BCUT2D eigenvalue weighted by molar-refractivity contribution is -0.0523. The number of nitrogens with zero attached hydrogens (tertiary/aromatic N) is 2. The minimum absolute atomic E-state index is 0.0737. The Hall–Kier alpha value is -3.67. The largest absolute Gasteiger partial charge is 0.497 e. The van der Waals surface area contributed by atoms with Crippen LogP contribution in [0.1, 0.15) is 27.8 Å². The number of aromatic nitrogens is 2. The fourth-order valence-corrected chi connectivity index (χ4v) is 8.90. The summed E-state index contributed by atoms with van der Waals surface area (Å²) in [5.41, 5.74) is 4.73. The lowest BCUT2D eigenvalue weighted by Crippen LogP contribution is -2.38. The van der Waals surface area contributed by atoms with Gasteiger partial charge in [0.05, 0.1) is 53.3 Å². The van der Waals surface area contributed by atoms with Crippen LogP contribution < -0.4 is 14.2 Å². The van der Waals surface area contributed by atoms with E-state index in [0.29, 0.717) is 27.6 Å². The van der Waals surface area contributed by atoms with Crippen molar-refractivity contribution in [1.82, 2.24) is 9.97 Å². The maximum atomic E-state index is 7.17. The highest BCUT2D eigenvalue weighted by molar-refractivity contribution is 9.11. The summed E-state index contributed by atoms with van der Waals surface area (Å²) in [5, 5.41) is 1.76. The standard InChI is InChI=1S/C41H36BrCl3N2O5S/c1-6-20-50-21-31(52-37-35(43)24(2)32(25(3)36(37)44)33-34-39(45)46-23-47-40(34)53-38(33)42)22-51-41(26-10-8-7-9-11-26,27-12-16-29(48-4)17-13-27)28-14-18-30(49-5)19-15-28/h6-19,23,31H,1,20-22H2,2-5H3. The number of fused-ring (bicyclic) bond motifs is 1. The second-order valence-electron chi connectivity index (χ2n) is 12.1. The smallest absolute Gasteiger partial charge is 0.157 e. The van der Waals surface area contributed by atoms with E-state index in [4.69, 9.17) is 58.5 Å². The van der Waals surface area contributed by atoms with Crippen molar-refractivity contribution in [3.8, 4) is 28.4 Å². The number of hydrogen-bond donors (Lipinski definition) is 0. The molecule has 4 aromatic carbocycles. The van der Waals surface area contributed by atoms with Crippen LogP contribution in [-0.2, 0) is 15.1 Å². The van der Waals surface area contributed by atoms with Crippen molar-refractivity contribution >= 4 is 72.3 Å². The molecule has 0 aliphatic rings. The molecule has 0 amide bonds. The van der Waals surface area contributed by atoms with Gasteiger partial charge in [-0.2, -0.15) is 0 Å². The van der Waals surface area contributed by atoms with Crippen molar-refractivity contribution in [2.24, 2.45) is 0 Å². The Kier molecular flexibility index (Phi) is 12.7. The molecule has 0 fully saturated rings. The average molecular weight is 855 g/mol. The first kappa shape index (κ1) is 39.0. The van der Waals surface area contributed by atoms with Crippen molar-refractivity contribution in [2.75, 3.05) is 34.0 Å². The van der Waals surface area contributed by atoms with E-state index in [-0.39, 0.29) is 13.2 Å². The highest BCUT2D eigenvalue weighted by Crippen LogP contribution is 2.51. The van der Waals surface area contributed by atoms with Crippen LogP contribution in [0.15, 0.2) is 102 Å². The molecule has 0 saturated carbocycles. The second-order valence-corrected chi connectivity index (χ2v) is 15.5. The molecule has 53 heavy (non-hydrogen) atoms. The summed E-state index contributed by atoms with van der Waals surface area (Å²) in [4.78, 5) is 9.39. The third kappa shape index (κ3) is 7.80. The molecule has 0 radical (unpaired) electrons. The maximum absolute atomic E-state index is 7.17. The lowest BCUT2D eigenvalue weighted by Gasteiger charge is -2.37. The molecule has 0 aliphatic heterocycles. The molecule has 7 nitrogen and oxygen atoms in total. The van der Waals surface area contributed by atoms with E-state index < -0.39 is 11.7 Å².